The molecule has 11 nitrogen and oxygen atoms in total. The summed E-state index contributed by atoms with van der Waals surface area (Å²) in [6, 6.07) is 7.46. The number of aliphatic hydroxyl groups is 1. The average molecular weight is 628 g/mol. The Hall–Kier alpha value is -3.63. The maximum atomic E-state index is 16.6. The van der Waals surface area contributed by atoms with Gasteiger partial charge >= 0.3 is 13.6 Å². The molecule has 1 aliphatic rings. The predicted molar refractivity (Wildman–Crippen MR) is 148 cm³/mol. The molecule has 2 aromatic heterocycles. The third-order valence-electron chi connectivity index (χ3n) is 6.25. The number of nitrogens with zero attached hydrogens (tertiary/aromatic N) is 2. The average Bonchev–Trinajstić information content (AvgIpc) is 3.40. The van der Waals surface area contributed by atoms with Crippen molar-refractivity contribution in [2.75, 3.05) is 19.4 Å². The van der Waals surface area contributed by atoms with Gasteiger partial charge in [0.2, 0.25) is 5.67 Å². The fourth-order valence-corrected chi connectivity index (χ4v) is 6.08. The minimum Gasteiger partial charge on any atom is -0.463 e. The Morgan fingerprint density at radius 3 is 2.70 bits per heavy atom. The number of nitrogens with one attached hydrogen (secondary N) is 1. The lowest BCUT2D eigenvalue weighted by Crippen LogP contribution is -2.42. The van der Waals surface area contributed by atoms with Gasteiger partial charge in [0.15, 0.2) is 17.7 Å². The molecule has 1 fully saturated rings. The molecule has 1 saturated heterocycles. The Labute approximate surface area is 247 Å². The van der Waals surface area contributed by atoms with Gasteiger partial charge < -0.3 is 24.1 Å². The van der Waals surface area contributed by atoms with E-state index in [1.165, 1.54) is 38.1 Å². The van der Waals surface area contributed by atoms with Gasteiger partial charge in [-0.1, -0.05) is 37.0 Å². The summed E-state index contributed by atoms with van der Waals surface area (Å²) < 4.78 is 98.2. The molecule has 6 atom stereocenters. The van der Waals surface area contributed by atoms with Gasteiger partial charge in [-0.05, 0) is 32.9 Å². The zero-order valence-corrected chi connectivity index (χ0v) is 24.4. The summed E-state index contributed by atoms with van der Waals surface area (Å²) in [5, 5.41) is 10.5. The summed E-state index contributed by atoms with van der Waals surface area (Å²) in [5.74, 6) is 0.597. The van der Waals surface area contributed by atoms with Gasteiger partial charge in [-0.25, -0.2) is 22.7 Å². The van der Waals surface area contributed by atoms with E-state index in [2.05, 4.69) is 9.97 Å². The van der Waals surface area contributed by atoms with Crippen molar-refractivity contribution in [3.63, 3.8) is 0 Å². The largest absolute Gasteiger partial charge is 0.463 e. The third kappa shape index (κ3) is 6.96. The summed E-state index contributed by atoms with van der Waals surface area (Å²) in [6.45, 7) is 1.18. The number of aliphatic hydroxyl groups excluding tert-OH is 1. The van der Waals surface area contributed by atoms with Gasteiger partial charge in [0.1, 0.15) is 35.8 Å². The molecular formula is C28H31F3N3O8P. The van der Waals surface area contributed by atoms with Crippen molar-refractivity contribution in [3.05, 3.63) is 58.5 Å². The summed E-state index contributed by atoms with van der Waals surface area (Å²) >= 11 is 0. The number of ether oxygens (including phenoxy) is 2. The second-order valence-corrected chi connectivity index (χ2v) is 12.0. The fourth-order valence-electron chi connectivity index (χ4n) is 4.37. The second kappa shape index (κ2) is 12.9. The number of H-pyrrole nitrogens is 1. The van der Waals surface area contributed by atoms with Crippen LogP contribution >= 0.6 is 7.60 Å². The highest BCUT2D eigenvalue weighted by atomic mass is 31.2. The van der Waals surface area contributed by atoms with Gasteiger partial charge in [-0.15, -0.1) is 0 Å². The lowest BCUT2D eigenvalue weighted by molar-refractivity contribution is -0.151. The standard InChI is InChI=1S/C28H31F3N3O8P/c1-16(2)40-26(37)17(3)15-43(38,42-19-9-6-5-7-10-19)39-14-21-23(35)28(31,11-8-12-29)27(41-21)34-13-20(30)22-24(34)32-18(4)33-25(22)36/h5-7,9-10,13,16-17,21,23,27,35H,12,14-15H2,1-4H3,(H,32,33,36)/t17-,21-,23+,27-,28?,43+/m1/s1/i14D2. The van der Waals surface area contributed by atoms with E-state index in [4.69, 9.17) is 21.3 Å². The first kappa shape index (κ1) is 29.4. The van der Waals surface area contributed by atoms with Crippen LogP contribution in [-0.4, -0.2) is 69.0 Å². The van der Waals surface area contributed by atoms with E-state index >= 15 is 4.39 Å². The van der Waals surface area contributed by atoms with Crippen LogP contribution in [0.4, 0.5) is 13.2 Å². The van der Waals surface area contributed by atoms with Crippen LogP contribution in [0.3, 0.4) is 0 Å². The van der Waals surface area contributed by atoms with E-state index in [0.29, 0.717) is 10.8 Å². The molecule has 3 heterocycles. The number of aromatic nitrogens is 3. The summed E-state index contributed by atoms with van der Waals surface area (Å²) in [5.41, 5.74) is -4.68. The number of para-hydroxylation sites is 1. The van der Waals surface area contributed by atoms with Crippen molar-refractivity contribution in [1.29, 1.82) is 0 Å². The van der Waals surface area contributed by atoms with Crippen molar-refractivity contribution < 1.29 is 48.9 Å². The van der Waals surface area contributed by atoms with Crippen LogP contribution in [0.5, 0.6) is 5.75 Å². The molecule has 43 heavy (non-hydrogen) atoms. The number of esters is 1. The number of carbonyl (C=O) groups is 1. The molecule has 1 unspecified atom stereocenters. The van der Waals surface area contributed by atoms with Crippen LogP contribution in [0, 0.1) is 30.5 Å². The Bertz CT molecular complexity index is 1730. The molecule has 232 valence electrons. The Morgan fingerprint density at radius 1 is 1.35 bits per heavy atom. The molecule has 3 aromatic rings. The summed E-state index contributed by atoms with van der Waals surface area (Å²) in [4.78, 5) is 31.2. The monoisotopic (exact) mass is 627 g/mol. The van der Waals surface area contributed by atoms with E-state index in [0.717, 1.165) is 0 Å². The molecule has 0 saturated carbocycles. The Morgan fingerprint density at radius 2 is 2.05 bits per heavy atom. The molecule has 4 rings (SSSR count). The fraction of sp³-hybridized carbons (Fsp3) is 0.464. The van der Waals surface area contributed by atoms with Gasteiger partial charge in [-0.3, -0.25) is 18.7 Å². The van der Waals surface area contributed by atoms with Gasteiger partial charge in [0.25, 0.3) is 5.56 Å². The van der Waals surface area contributed by atoms with Crippen LogP contribution in [0.1, 0.15) is 35.6 Å². The van der Waals surface area contributed by atoms with Crippen molar-refractivity contribution in [2.24, 2.45) is 5.92 Å². The smallest absolute Gasteiger partial charge is 0.380 e. The normalized spacial score (nSPS) is 24.9. The molecule has 0 spiro atoms. The van der Waals surface area contributed by atoms with Crippen LogP contribution in [0.2, 0.25) is 0 Å². The number of carbonyl (C=O) groups excluding carboxylic acids is 1. The minimum absolute atomic E-state index is 0.00372. The highest BCUT2D eigenvalue weighted by Crippen LogP contribution is 2.51. The summed E-state index contributed by atoms with van der Waals surface area (Å²) in [6.07, 6.45) is -7.71. The number of rotatable bonds is 10. The molecule has 1 aromatic carbocycles. The van der Waals surface area contributed by atoms with E-state index in [1.807, 2.05) is 11.8 Å². The zero-order valence-electron chi connectivity index (χ0n) is 25.5. The Balaban J connectivity index is 1.75. The minimum atomic E-state index is -4.71. The maximum Gasteiger partial charge on any atom is 0.380 e. The number of aryl methyl sites for hydroxylation is 1. The molecule has 0 aliphatic carbocycles. The van der Waals surface area contributed by atoms with Crippen molar-refractivity contribution in [2.45, 2.75) is 57.9 Å². The van der Waals surface area contributed by atoms with Crippen LogP contribution in [-0.2, 0) is 23.4 Å². The van der Waals surface area contributed by atoms with Crippen molar-refractivity contribution in [1.82, 2.24) is 14.5 Å². The second-order valence-electron chi connectivity index (χ2n) is 10.1. The van der Waals surface area contributed by atoms with E-state index in [9.17, 15) is 28.0 Å². The van der Waals surface area contributed by atoms with E-state index < -0.39 is 91.5 Å². The molecule has 2 N–H and O–H groups in total. The predicted octanol–water partition coefficient (Wildman–Crippen LogP) is 3.99. The van der Waals surface area contributed by atoms with Gasteiger partial charge in [0.05, 0.1) is 27.5 Å². The number of aromatic amines is 1. The van der Waals surface area contributed by atoms with Crippen LogP contribution in [0.15, 0.2) is 41.3 Å². The maximum absolute atomic E-state index is 16.6. The number of benzene rings is 1. The van der Waals surface area contributed by atoms with Crippen LogP contribution in [0.25, 0.3) is 11.0 Å². The van der Waals surface area contributed by atoms with E-state index in [1.54, 1.807) is 19.9 Å². The number of fused-ring (bicyclic) bond motifs is 1. The SMILES string of the molecule is [2H]C([2H])(O[P@@](=O)(C[C@@H](C)C(=O)OC(C)C)Oc1ccccc1)[C@H]1O[C@@H](n2cc(F)c3c(=O)[nH]c(C)nc32)C(F)(C#CCF)[C@H]1O. The molecule has 0 amide bonds. The zero-order chi connectivity index (χ0) is 33.3. The lowest BCUT2D eigenvalue weighted by Gasteiger charge is -2.25. The molecular weight excluding hydrogens is 594 g/mol. The van der Waals surface area contributed by atoms with Crippen molar-refractivity contribution in [3.8, 4) is 17.6 Å². The molecule has 0 radical (unpaired) electrons. The molecule has 15 heteroatoms. The van der Waals surface area contributed by atoms with Crippen molar-refractivity contribution >= 4 is 24.6 Å². The molecule has 1 aliphatic heterocycles. The number of hydrogen-bond donors (Lipinski definition) is 2. The first-order valence-corrected chi connectivity index (χ1v) is 14.8. The number of alkyl halides is 2. The first-order valence-electron chi connectivity index (χ1n) is 14.1. The highest BCUT2D eigenvalue weighted by Gasteiger charge is 2.58. The number of hydrogen-bond acceptors (Lipinski definition) is 9. The first-order chi connectivity index (χ1) is 21.0. The number of halogens is 3. The quantitative estimate of drug-likeness (QED) is 0.194. The topological polar surface area (TPSA) is 142 Å². The van der Waals surface area contributed by atoms with Gasteiger partial charge in [-0.2, -0.15) is 0 Å². The highest BCUT2D eigenvalue weighted by molar-refractivity contribution is 7.54. The summed E-state index contributed by atoms with van der Waals surface area (Å²) in [7, 11) is -4.71. The Kier molecular flexibility index (Phi) is 8.85. The molecule has 0 bridgehead atoms. The third-order valence-corrected chi connectivity index (χ3v) is 8.12. The lowest BCUT2D eigenvalue weighted by atomic mass is 9.96. The van der Waals surface area contributed by atoms with E-state index in [-0.39, 0.29) is 11.6 Å². The van der Waals surface area contributed by atoms with Crippen LogP contribution < -0.4 is 10.1 Å². The van der Waals surface area contributed by atoms with Gasteiger partial charge in [0, 0.05) is 6.20 Å².